The highest BCUT2D eigenvalue weighted by atomic mass is 19.4. The molecule has 0 N–H and O–H groups in total. The largest absolute Gasteiger partial charge is 0.485 e. The molecule has 0 radical (unpaired) electrons. The molecular weight excluding hydrogens is 393 g/mol. The Labute approximate surface area is 154 Å². The van der Waals surface area contributed by atoms with Gasteiger partial charge in [0.25, 0.3) is 0 Å². The molecule has 0 spiro atoms. The van der Waals surface area contributed by atoms with Crippen LogP contribution in [0.3, 0.4) is 0 Å². The van der Waals surface area contributed by atoms with E-state index in [-0.39, 0.29) is 28.3 Å². The Kier molecular flexibility index (Phi) is 4.90. The molecule has 2 heterocycles. The van der Waals surface area contributed by atoms with Crippen molar-refractivity contribution in [3.8, 4) is 5.75 Å². The van der Waals surface area contributed by atoms with Crippen LogP contribution >= 0.6 is 0 Å². The van der Waals surface area contributed by atoms with Crippen LogP contribution in [0.15, 0.2) is 48.2 Å². The summed E-state index contributed by atoms with van der Waals surface area (Å²) >= 11 is 0. The Morgan fingerprint density at radius 2 is 1.75 bits per heavy atom. The van der Waals surface area contributed by atoms with Gasteiger partial charge in [-0.3, -0.25) is 4.98 Å². The van der Waals surface area contributed by atoms with Crippen molar-refractivity contribution >= 4 is 17.0 Å². The lowest BCUT2D eigenvalue weighted by molar-refractivity contribution is -0.148. The molecule has 1 aromatic heterocycles. The summed E-state index contributed by atoms with van der Waals surface area (Å²) in [6.07, 6.45) is -6.19. The van der Waals surface area contributed by atoms with E-state index in [4.69, 9.17) is 4.74 Å². The van der Waals surface area contributed by atoms with Gasteiger partial charge < -0.3 is 4.74 Å². The molecule has 0 fully saturated rings. The third-order valence-electron chi connectivity index (χ3n) is 3.95. The number of ether oxygens (including phenoxy) is 1. The zero-order valence-electron chi connectivity index (χ0n) is 13.9. The zero-order valence-corrected chi connectivity index (χ0v) is 13.9. The maximum atomic E-state index is 13.1. The first-order valence-electron chi connectivity index (χ1n) is 7.73. The van der Waals surface area contributed by atoms with Crippen molar-refractivity contribution in [3.63, 3.8) is 0 Å². The molecule has 1 aromatic carbocycles. The van der Waals surface area contributed by atoms with Crippen LogP contribution in [0.1, 0.15) is 16.7 Å². The lowest BCUT2D eigenvalue weighted by Gasteiger charge is -2.17. The molecular formula is C18H11F7N2O. The van der Waals surface area contributed by atoms with Gasteiger partial charge in [0.2, 0.25) is 0 Å². The van der Waals surface area contributed by atoms with Crippen LogP contribution in [0.5, 0.6) is 5.75 Å². The lowest BCUT2D eigenvalue weighted by Crippen LogP contribution is -2.34. The van der Waals surface area contributed by atoms with Crippen LogP contribution in [0, 0.1) is 0 Å². The van der Waals surface area contributed by atoms with Crippen LogP contribution in [-0.2, 0) is 6.18 Å². The van der Waals surface area contributed by atoms with E-state index >= 15 is 0 Å². The maximum Gasteiger partial charge on any atom is 0.416 e. The second kappa shape index (κ2) is 6.92. The van der Waals surface area contributed by atoms with Gasteiger partial charge in [-0.15, -0.1) is 0 Å². The first-order chi connectivity index (χ1) is 13.0. The van der Waals surface area contributed by atoms with Crippen molar-refractivity contribution in [2.75, 3.05) is 6.61 Å². The normalized spacial score (nSPS) is 14.3. The SMILES string of the molecule is C=C1C(c2ccncc2OCC(F)(F)C(F)F)=Nc2cc(C(F)(F)F)ccc21. The molecule has 1 aliphatic rings. The molecule has 3 rings (SSSR count). The molecule has 1 aliphatic heterocycles. The minimum absolute atomic E-state index is 0.00417. The molecule has 28 heavy (non-hydrogen) atoms. The third kappa shape index (κ3) is 3.71. The number of alkyl halides is 7. The molecule has 0 saturated heterocycles. The minimum Gasteiger partial charge on any atom is -0.485 e. The van der Waals surface area contributed by atoms with E-state index in [1.807, 2.05) is 0 Å². The number of benzene rings is 1. The summed E-state index contributed by atoms with van der Waals surface area (Å²) in [5.74, 6) is -4.65. The number of nitrogens with zero attached hydrogens (tertiary/aromatic N) is 2. The van der Waals surface area contributed by atoms with Gasteiger partial charge in [-0.05, 0) is 18.2 Å². The van der Waals surface area contributed by atoms with E-state index in [1.165, 1.54) is 18.3 Å². The molecule has 3 nitrogen and oxygen atoms in total. The molecule has 148 valence electrons. The summed E-state index contributed by atoms with van der Waals surface area (Å²) in [6, 6.07) is 4.22. The number of halogens is 7. The molecule has 0 bridgehead atoms. The lowest BCUT2D eigenvalue weighted by atomic mass is 9.99. The predicted molar refractivity (Wildman–Crippen MR) is 87.4 cm³/mol. The van der Waals surface area contributed by atoms with Crippen LogP contribution in [-0.4, -0.2) is 29.7 Å². The third-order valence-corrected chi connectivity index (χ3v) is 3.95. The van der Waals surface area contributed by atoms with Gasteiger partial charge in [0.15, 0.2) is 6.61 Å². The highest BCUT2D eigenvalue weighted by Gasteiger charge is 2.42. The Bertz CT molecular complexity index is 951. The molecule has 10 heteroatoms. The summed E-state index contributed by atoms with van der Waals surface area (Å²) in [5, 5.41) is 0. The highest BCUT2D eigenvalue weighted by Crippen LogP contribution is 2.41. The number of fused-ring (bicyclic) bond motifs is 1. The van der Waals surface area contributed by atoms with Gasteiger partial charge in [0.05, 0.1) is 23.2 Å². The fraction of sp³-hybridized carbons (Fsp3) is 0.222. The highest BCUT2D eigenvalue weighted by molar-refractivity contribution is 6.36. The maximum absolute atomic E-state index is 13.1. The van der Waals surface area contributed by atoms with E-state index in [2.05, 4.69) is 16.6 Å². The average Bonchev–Trinajstić information content (AvgIpc) is 2.95. The molecule has 0 saturated carbocycles. The topological polar surface area (TPSA) is 34.5 Å². The second-order valence-electron chi connectivity index (χ2n) is 5.89. The van der Waals surface area contributed by atoms with Gasteiger partial charge in [-0.1, -0.05) is 12.6 Å². The standard InChI is InChI=1S/C18H11F7N2O/c1-9-11-3-2-10(18(23,24)25)6-13(11)27-15(9)12-4-5-26-7-14(12)28-8-17(21,22)16(19)20/h2-7,16H,1,8H2. The van der Waals surface area contributed by atoms with Gasteiger partial charge in [-0.25, -0.2) is 13.8 Å². The molecule has 0 amide bonds. The van der Waals surface area contributed by atoms with Gasteiger partial charge in [-0.2, -0.15) is 22.0 Å². The van der Waals surface area contributed by atoms with E-state index in [1.54, 1.807) is 0 Å². The summed E-state index contributed by atoms with van der Waals surface area (Å²) in [5.41, 5.74) is -0.187. The van der Waals surface area contributed by atoms with E-state index < -0.39 is 30.7 Å². The van der Waals surface area contributed by atoms with Crippen molar-refractivity contribution in [3.05, 3.63) is 59.9 Å². The van der Waals surface area contributed by atoms with Crippen molar-refractivity contribution in [2.24, 2.45) is 4.99 Å². The van der Waals surface area contributed by atoms with Crippen LogP contribution < -0.4 is 4.74 Å². The molecule has 2 aromatic rings. The molecule has 0 unspecified atom stereocenters. The Morgan fingerprint density at radius 3 is 2.39 bits per heavy atom. The van der Waals surface area contributed by atoms with E-state index in [9.17, 15) is 30.7 Å². The van der Waals surface area contributed by atoms with Crippen molar-refractivity contribution in [2.45, 2.75) is 18.5 Å². The van der Waals surface area contributed by atoms with Crippen LogP contribution in [0.25, 0.3) is 5.57 Å². The number of aromatic nitrogens is 1. The number of rotatable bonds is 5. The van der Waals surface area contributed by atoms with Crippen molar-refractivity contribution in [1.29, 1.82) is 0 Å². The summed E-state index contributed by atoms with van der Waals surface area (Å²) < 4.78 is 94.4. The van der Waals surface area contributed by atoms with Crippen molar-refractivity contribution < 1.29 is 35.5 Å². The van der Waals surface area contributed by atoms with Crippen molar-refractivity contribution in [1.82, 2.24) is 4.98 Å². The first kappa shape index (κ1) is 19.8. The quantitative estimate of drug-likeness (QED) is 0.615. The summed E-state index contributed by atoms with van der Waals surface area (Å²) in [7, 11) is 0. The van der Waals surface area contributed by atoms with Crippen LogP contribution in [0.4, 0.5) is 36.4 Å². The van der Waals surface area contributed by atoms with Gasteiger partial charge in [0.1, 0.15) is 5.75 Å². The smallest absolute Gasteiger partial charge is 0.416 e. The monoisotopic (exact) mass is 404 g/mol. The summed E-state index contributed by atoms with van der Waals surface area (Å²) in [6.45, 7) is 2.16. The number of hydrogen-bond donors (Lipinski definition) is 0. The van der Waals surface area contributed by atoms with E-state index in [0.29, 0.717) is 5.56 Å². The summed E-state index contributed by atoms with van der Waals surface area (Å²) in [4.78, 5) is 7.78. The van der Waals surface area contributed by atoms with Gasteiger partial charge in [0, 0.05) is 22.9 Å². The van der Waals surface area contributed by atoms with E-state index in [0.717, 1.165) is 18.3 Å². The fourth-order valence-electron chi connectivity index (χ4n) is 2.52. The number of allylic oxidation sites excluding steroid dienone is 1. The number of aliphatic imine (C=N–C) groups is 1. The predicted octanol–water partition coefficient (Wildman–Crippen LogP) is 5.53. The second-order valence-corrected chi connectivity index (χ2v) is 5.89. The Balaban J connectivity index is 1.95. The average molecular weight is 404 g/mol. The Hall–Kier alpha value is -2.91. The number of pyridine rings is 1. The minimum atomic E-state index is -4.57. The zero-order chi connectivity index (χ0) is 20.7. The van der Waals surface area contributed by atoms with Crippen LogP contribution in [0.2, 0.25) is 0 Å². The van der Waals surface area contributed by atoms with Gasteiger partial charge >= 0.3 is 18.5 Å². The number of hydrogen-bond acceptors (Lipinski definition) is 3. The molecule has 0 aliphatic carbocycles. The molecule has 0 atom stereocenters. The fourth-order valence-corrected chi connectivity index (χ4v) is 2.52. The first-order valence-corrected chi connectivity index (χ1v) is 7.73. The Morgan fingerprint density at radius 1 is 1.04 bits per heavy atom.